The van der Waals surface area contributed by atoms with Crippen molar-refractivity contribution in [2.75, 3.05) is 26.3 Å². The highest BCUT2D eigenvalue weighted by atomic mass is 79.9. The van der Waals surface area contributed by atoms with Crippen LogP contribution in [0.5, 0.6) is 0 Å². The van der Waals surface area contributed by atoms with Crippen molar-refractivity contribution in [3.63, 3.8) is 0 Å². The van der Waals surface area contributed by atoms with Crippen molar-refractivity contribution in [3.05, 3.63) is 32.7 Å². The number of halogens is 2. The zero-order chi connectivity index (χ0) is 12.8. The normalized spacial score (nSPS) is 10.4. The van der Waals surface area contributed by atoms with Crippen LogP contribution < -0.4 is 0 Å². The van der Waals surface area contributed by atoms with Crippen molar-refractivity contribution in [2.45, 2.75) is 0 Å². The molecule has 0 bridgehead atoms. The van der Waals surface area contributed by atoms with Gasteiger partial charge in [-0.25, -0.2) is 0 Å². The fourth-order valence-electron chi connectivity index (χ4n) is 1.42. The van der Waals surface area contributed by atoms with Crippen molar-refractivity contribution < 1.29 is 15.0 Å². The van der Waals surface area contributed by atoms with E-state index in [0.29, 0.717) is 5.56 Å². The molecule has 6 heteroatoms. The van der Waals surface area contributed by atoms with E-state index >= 15 is 0 Å². The van der Waals surface area contributed by atoms with Crippen molar-refractivity contribution in [1.82, 2.24) is 4.90 Å². The summed E-state index contributed by atoms with van der Waals surface area (Å²) >= 11 is 6.62. The number of benzene rings is 1. The molecular weight excluding hydrogens is 354 g/mol. The second-order valence-corrected chi connectivity index (χ2v) is 5.23. The minimum atomic E-state index is -0.213. The van der Waals surface area contributed by atoms with Gasteiger partial charge >= 0.3 is 0 Å². The minimum absolute atomic E-state index is 0.124. The lowest BCUT2D eigenvalue weighted by Gasteiger charge is -2.20. The molecule has 0 heterocycles. The Bertz CT molecular complexity index is 372. The number of rotatable bonds is 5. The van der Waals surface area contributed by atoms with E-state index in [1.54, 1.807) is 12.1 Å². The maximum Gasteiger partial charge on any atom is 0.254 e. The highest BCUT2D eigenvalue weighted by Gasteiger charge is 2.15. The average Bonchev–Trinajstić information content (AvgIpc) is 2.26. The summed E-state index contributed by atoms with van der Waals surface area (Å²) in [4.78, 5) is 13.5. The number of hydrogen-bond acceptors (Lipinski definition) is 3. The van der Waals surface area contributed by atoms with Crippen LogP contribution in [0.25, 0.3) is 0 Å². The zero-order valence-corrected chi connectivity index (χ0v) is 12.2. The minimum Gasteiger partial charge on any atom is -0.395 e. The molecule has 0 aliphatic carbocycles. The molecule has 17 heavy (non-hydrogen) atoms. The first-order chi connectivity index (χ1) is 8.08. The van der Waals surface area contributed by atoms with Gasteiger partial charge in [0, 0.05) is 27.6 Å². The van der Waals surface area contributed by atoms with Gasteiger partial charge in [0.25, 0.3) is 5.91 Å². The first-order valence-electron chi connectivity index (χ1n) is 5.05. The van der Waals surface area contributed by atoms with Crippen molar-refractivity contribution in [1.29, 1.82) is 0 Å². The van der Waals surface area contributed by atoms with E-state index in [9.17, 15) is 4.79 Å². The van der Waals surface area contributed by atoms with Gasteiger partial charge in [-0.3, -0.25) is 4.79 Å². The SMILES string of the molecule is O=C(c1cc(Br)cc(Br)c1)N(CCO)CCO. The summed E-state index contributed by atoms with van der Waals surface area (Å²) in [6.45, 7) is 0.175. The third kappa shape index (κ3) is 4.39. The lowest BCUT2D eigenvalue weighted by molar-refractivity contribution is 0.0684. The fraction of sp³-hybridized carbons (Fsp3) is 0.364. The van der Waals surface area contributed by atoms with Crippen LogP contribution >= 0.6 is 31.9 Å². The molecule has 0 aromatic heterocycles. The number of amides is 1. The smallest absolute Gasteiger partial charge is 0.254 e. The molecule has 2 N–H and O–H groups in total. The Balaban J connectivity index is 2.92. The van der Waals surface area contributed by atoms with Crippen molar-refractivity contribution >= 4 is 37.8 Å². The van der Waals surface area contributed by atoms with E-state index in [4.69, 9.17) is 10.2 Å². The number of carbonyl (C=O) groups excluding carboxylic acids is 1. The average molecular weight is 367 g/mol. The van der Waals surface area contributed by atoms with E-state index in [1.165, 1.54) is 4.90 Å². The summed E-state index contributed by atoms with van der Waals surface area (Å²) in [5.41, 5.74) is 0.508. The van der Waals surface area contributed by atoms with Crippen LogP contribution in [0.4, 0.5) is 0 Å². The van der Waals surface area contributed by atoms with Crippen LogP contribution in [0.1, 0.15) is 10.4 Å². The van der Waals surface area contributed by atoms with Crippen LogP contribution in [-0.2, 0) is 0 Å². The first kappa shape index (κ1) is 14.6. The molecule has 0 saturated carbocycles. The van der Waals surface area contributed by atoms with Gasteiger partial charge in [0.05, 0.1) is 13.2 Å². The standard InChI is InChI=1S/C11H13Br2NO3/c12-9-5-8(6-10(13)7-9)11(17)14(1-3-15)2-4-16/h5-7,15-16H,1-4H2. The van der Waals surface area contributed by atoms with Gasteiger partial charge in [0.2, 0.25) is 0 Å². The Kier molecular flexibility index (Phi) is 6.11. The molecule has 94 valence electrons. The van der Waals surface area contributed by atoms with E-state index < -0.39 is 0 Å². The third-order valence-corrected chi connectivity index (χ3v) is 3.05. The lowest BCUT2D eigenvalue weighted by atomic mass is 10.2. The number of nitrogens with zero attached hydrogens (tertiary/aromatic N) is 1. The van der Waals surface area contributed by atoms with Gasteiger partial charge in [0.1, 0.15) is 0 Å². The molecule has 0 unspecified atom stereocenters. The highest BCUT2D eigenvalue weighted by molar-refractivity contribution is 9.11. The first-order valence-corrected chi connectivity index (χ1v) is 6.64. The number of hydrogen-bond donors (Lipinski definition) is 2. The van der Waals surface area contributed by atoms with Crippen LogP contribution in [0.15, 0.2) is 27.1 Å². The molecule has 0 spiro atoms. The Morgan fingerprint density at radius 1 is 1.06 bits per heavy atom. The Hall–Kier alpha value is -0.430. The Labute approximate surface area is 117 Å². The molecular formula is C11H13Br2NO3. The quantitative estimate of drug-likeness (QED) is 0.832. The molecule has 1 aromatic carbocycles. The van der Waals surface area contributed by atoms with Crippen LogP contribution in [0, 0.1) is 0 Å². The molecule has 1 aromatic rings. The molecule has 0 aliphatic rings. The van der Waals surface area contributed by atoms with E-state index in [-0.39, 0.29) is 32.2 Å². The molecule has 0 radical (unpaired) electrons. The summed E-state index contributed by atoms with van der Waals surface area (Å²) < 4.78 is 1.59. The van der Waals surface area contributed by atoms with Crippen molar-refractivity contribution in [2.24, 2.45) is 0 Å². The summed E-state index contributed by atoms with van der Waals surface area (Å²) in [6.07, 6.45) is 0. The van der Waals surface area contributed by atoms with Gasteiger partial charge in [0.15, 0.2) is 0 Å². The predicted molar refractivity (Wildman–Crippen MR) is 71.9 cm³/mol. The monoisotopic (exact) mass is 365 g/mol. The molecule has 1 amide bonds. The van der Waals surface area contributed by atoms with Gasteiger partial charge in [-0.1, -0.05) is 31.9 Å². The molecule has 0 atom stereocenters. The molecule has 0 saturated heterocycles. The highest BCUT2D eigenvalue weighted by Crippen LogP contribution is 2.21. The fourth-order valence-corrected chi connectivity index (χ4v) is 2.71. The van der Waals surface area contributed by atoms with E-state index in [1.807, 2.05) is 6.07 Å². The number of carbonyl (C=O) groups is 1. The summed E-state index contributed by atoms with van der Waals surface area (Å²) in [7, 11) is 0. The summed E-state index contributed by atoms with van der Waals surface area (Å²) in [5.74, 6) is -0.213. The third-order valence-electron chi connectivity index (χ3n) is 2.14. The zero-order valence-electron chi connectivity index (χ0n) is 9.07. The molecule has 1 rings (SSSR count). The predicted octanol–water partition coefficient (Wildman–Crippen LogP) is 1.64. The summed E-state index contributed by atoms with van der Waals surface area (Å²) in [6, 6.07) is 5.24. The van der Waals surface area contributed by atoms with Gasteiger partial charge in [-0.2, -0.15) is 0 Å². The van der Waals surface area contributed by atoms with Crippen LogP contribution in [-0.4, -0.2) is 47.3 Å². The molecule has 0 fully saturated rings. The largest absolute Gasteiger partial charge is 0.395 e. The second-order valence-electron chi connectivity index (χ2n) is 3.40. The van der Waals surface area contributed by atoms with Gasteiger partial charge < -0.3 is 15.1 Å². The van der Waals surface area contributed by atoms with Crippen LogP contribution in [0.2, 0.25) is 0 Å². The topological polar surface area (TPSA) is 60.8 Å². The van der Waals surface area contributed by atoms with Gasteiger partial charge in [-0.15, -0.1) is 0 Å². The molecule has 4 nitrogen and oxygen atoms in total. The van der Waals surface area contributed by atoms with E-state index in [0.717, 1.165) is 8.95 Å². The van der Waals surface area contributed by atoms with E-state index in [2.05, 4.69) is 31.9 Å². The van der Waals surface area contributed by atoms with Crippen molar-refractivity contribution in [3.8, 4) is 0 Å². The second kappa shape index (κ2) is 7.10. The lowest BCUT2D eigenvalue weighted by Crippen LogP contribution is -2.35. The molecule has 0 aliphatic heterocycles. The summed E-state index contributed by atoms with van der Waals surface area (Å²) in [5, 5.41) is 17.7. The number of aliphatic hydroxyl groups is 2. The maximum absolute atomic E-state index is 12.1. The Morgan fingerprint density at radius 2 is 1.53 bits per heavy atom. The number of aliphatic hydroxyl groups excluding tert-OH is 2. The maximum atomic E-state index is 12.1. The van der Waals surface area contributed by atoms with Crippen LogP contribution in [0.3, 0.4) is 0 Å². The van der Waals surface area contributed by atoms with Gasteiger partial charge in [-0.05, 0) is 18.2 Å². The Morgan fingerprint density at radius 3 is 1.94 bits per heavy atom.